The van der Waals surface area contributed by atoms with Crippen molar-refractivity contribution in [1.29, 1.82) is 0 Å². The zero-order valence-electron chi connectivity index (χ0n) is 13.8. The van der Waals surface area contributed by atoms with E-state index in [1.54, 1.807) is 21.3 Å². The molecule has 0 aliphatic heterocycles. The largest absolute Gasteiger partial charge is 0.493 e. The first kappa shape index (κ1) is 17.4. The van der Waals surface area contributed by atoms with Gasteiger partial charge in [-0.2, -0.15) is 0 Å². The number of ether oxygens (including phenoxy) is 3. The van der Waals surface area contributed by atoms with Crippen molar-refractivity contribution >= 4 is 0 Å². The lowest BCUT2D eigenvalue weighted by Crippen LogP contribution is -2.21. The predicted octanol–water partition coefficient (Wildman–Crippen LogP) is 3.72. The van der Waals surface area contributed by atoms with Crippen LogP contribution in [0, 0.1) is 0 Å². The molecule has 0 aliphatic carbocycles. The molecular formula is C17H27NO3. The Bertz CT molecular complexity index is 446. The van der Waals surface area contributed by atoms with Crippen molar-refractivity contribution in [2.75, 3.05) is 27.9 Å². The second-order valence-electron chi connectivity index (χ2n) is 5.06. The van der Waals surface area contributed by atoms with Crippen LogP contribution in [0.2, 0.25) is 0 Å². The molecule has 4 heteroatoms. The molecule has 0 fully saturated rings. The topological polar surface area (TPSA) is 39.7 Å². The highest BCUT2D eigenvalue weighted by Crippen LogP contribution is 2.40. The second-order valence-corrected chi connectivity index (χ2v) is 5.06. The van der Waals surface area contributed by atoms with E-state index in [1.165, 1.54) is 5.57 Å². The highest BCUT2D eigenvalue weighted by atomic mass is 16.5. The van der Waals surface area contributed by atoms with E-state index in [-0.39, 0.29) is 6.04 Å². The Morgan fingerprint density at radius 1 is 1.14 bits per heavy atom. The fourth-order valence-corrected chi connectivity index (χ4v) is 2.33. The van der Waals surface area contributed by atoms with E-state index in [9.17, 15) is 0 Å². The van der Waals surface area contributed by atoms with Gasteiger partial charge in [-0.15, -0.1) is 6.58 Å². The summed E-state index contributed by atoms with van der Waals surface area (Å²) in [5.41, 5.74) is 2.32. The highest BCUT2D eigenvalue weighted by Gasteiger charge is 2.18. The normalized spacial score (nSPS) is 11.9. The minimum Gasteiger partial charge on any atom is -0.493 e. The summed E-state index contributed by atoms with van der Waals surface area (Å²) in [6, 6.07) is 4.25. The van der Waals surface area contributed by atoms with Crippen LogP contribution in [-0.2, 0) is 0 Å². The standard InChI is InChI=1S/C17H27NO3/c1-7-18-14(9-8-12(2)3)13-10-15(19-4)17(21-6)16(11-13)20-5/h10-11,14,18H,2,7-9H2,1,3-6H3. The van der Waals surface area contributed by atoms with Gasteiger partial charge in [0.15, 0.2) is 11.5 Å². The van der Waals surface area contributed by atoms with Gasteiger partial charge in [-0.3, -0.25) is 0 Å². The summed E-state index contributed by atoms with van der Waals surface area (Å²) < 4.78 is 16.2. The number of benzene rings is 1. The average molecular weight is 293 g/mol. The van der Waals surface area contributed by atoms with Gasteiger partial charge in [-0.1, -0.05) is 12.5 Å². The molecule has 21 heavy (non-hydrogen) atoms. The molecule has 1 N–H and O–H groups in total. The average Bonchev–Trinajstić information content (AvgIpc) is 2.49. The van der Waals surface area contributed by atoms with Gasteiger partial charge in [0.2, 0.25) is 5.75 Å². The van der Waals surface area contributed by atoms with Gasteiger partial charge in [0.25, 0.3) is 0 Å². The lowest BCUT2D eigenvalue weighted by Gasteiger charge is -2.21. The number of rotatable bonds is 9. The summed E-state index contributed by atoms with van der Waals surface area (Å²) in [5.74, 6) is 1.99. The smallest absolute Gasteiger partial charge is 0.203 e. The number of methoxy groups -OCH3 is 3. The molecule has 4 nitrogen and oxygen atoms in total. The van der Waals surface area contributed by atoms with Gasteiger partial charge < -0.3 is 19.5 Å². The summed E-state index contributed by atoms with van der Waals surface area (Å²) in [6.45, 7) is 9.04. The summed E-state index contributed by atoms with van der Waals surface area (Å²) >= 11 is 0. The van der Waals surface area contributed by atoms with Crippen LogP contribution < -0.4 is 19.5 Å². The molecule has 1 unspecified atom stereocenters. The van der Waals surface area contributed by atoms with Gasteiger partial charge in [-0.25, -0.2) is 0 Å². The molecule has 0 bridgehead atoms. The zero-order valence-corrected chi connectivity index (χ0v) is 13.8. The Morgan fingerprint density at radius 2 is 1.71 bits per heavy atom. The summed E-state index contributed by atoms with van der Waals surface area (Å²) in [7, 11) is 4.89. The fraction of sp³-hybridized carbons (Fsp3) is 0.529. The Balaban J connectivity index is 3.14. The van der Waals surface area contributed by atoms with E-state index in [0.717, 1.165) is 24.9 Å². The maximum Gasteiger partial charge on any atom is 0.203 e. The van der Waals surface area contributed by atoms with E-state index in [4.69, 9.17) is 14.2 Å². The van der Waals surface area contributed by atoms with Crippen molar-refractivity contribution in [2.45, 2.75) is 32.7 Å². The lowest BCUT2D eigenvalue weighted by molar-refractivity contribution is 0.322. The zero-order chi connectivity index (χ0) is 15.8. The van der Waals surface area contributed by atoms with Gasteiger partial charge in [-0.05, 0) is 44.0 Å². The van der Waals surface area contributed by atoms with Crippen molar-refractivity contribution < 1.29 is 14.2 Å². The molecule has 0 amide bonds. The molecule has 1 rings (SSSR count). The Labute approximate surface area is 128 Å². The molecule has 0 aromatic heterocycles. The van der Waals surface area contributed by atoms with Crippen molar-refractivity contribution in [3.63, 3.8) is 0 Å². The number of nitrogens with one attached hydrogen (secondary N) is 1. The van der Waals surface area contributed by atoms with Crippen LogP contribution in [0.4, 0.5) is 0 Å². The first-order valence-electron chi connectivity index (χ1n) is 7.25. The molecule has 1 aromatic carbocycles. The van der Waals surface area contributed by atoms with E-state index in [2.05, 4.69) is 25.7 Å². The van der Waals surface area contributed by atoms with Crippen LogP contribution in [0.15, 0.2) is 24.3 Å². The molecule has 1 atom stereocenters. The fourth-order valence-electron chi connectivity index (χ4n) is 2.33. The van der Waals surface area contributed by atoms with Crippen LogP contribution in [0.5, 0.6) is 17.2 Å². The van der Waals surface area contributed by atoms with E-state index >= 15 is 0 Å². The summed E-state index contributed by atoms with van der Waals surface area (Å²) in [5, 5.41) is 3.50. The van der Waals surface area contributed by atoms with Crippen LogP contribution in [0.1, 0.15) is 38.3 Å². The number of hydrogen-bond donors (Lipinski definition) is 1. The molecule has 0 radical (unpaired) electrons. The van der Waals surface area contributed by atoms with Crippen molar-refractivity contribution in [3.05, 3.63) is 29.8 Å². The Morgan fingerprint density at radius 3 is 2.10 bits per heavy atom. The maximum absolute atomic E-state index is 5.42. The van der Waals surface area contributed by atoms with Gasteiger partial charge in [0.1, 0.15) is 0 Å². The van der Waals surface area contributed by atoms with Crippen LogP contribution in [0.25, 0.3) is 0 Å². The third-order valence-corrected chi connectivity index (χ3v) is 3.40. The molecule has 0 heterocycles. The minimum atomic E-state index is 0.236. The van der Waals surface area contributed by atoms with E-state index < -0.39 is 0 Å². The minimum absolute atomic E-state index is 0.236. The maximum atomic E-state index is 5.42. The third kappa shape index (κ3) is 4.67. The molecular weight excluding hydrogens is 266 g/mol. The van der Waals surface area contributed by atoms with Crippen molar-refractivity contribution in [2.24, 2.45) is 0 Å². The van der Waals surface area contributed by atoms with Crippen molar-refractivity contribution in [3.8, 4) is 17.2 Å². The first-order valence-corrected chi connectivity index (χ1v) is 7.25. The predicted molar refractivity (Wildman–Crippen MR) is 86.6 cm³/mol. The molecule has 0 spiro atoms. The van der Waals surface area contributed by atoms with Gasteiger partial charge in [0, 0.05) is 6.04 Å². The Hall–Kier alpha value is -1.68. The SMILES string of the molecule is C=C(C)CCC(NCC)c1cc(OC)c(OC)c(OC)c1. The molecule has 0 saturated heterocycles. The molecule has 0 saturated carbocycles. The quantitative estimate of drug-likeness (QED) is 0.704. The van der Waals surface area contributed by atoms with E-state index in [1.807, 2.05) is 12.1 Å². The Kier molecular flexibility index (Phi) is 7.09. The lowest BCUT2D eigenvalue weighted by atomic mass is 9.99. The number of allylic oxidation sites excluding steroid dienone is 1. The van der Waals surface area contributed by atoms with Crippen LogP contribution in [0.3, 0.4) is 0 Å². The third-order valence-electron chi connectivity index (χ3n) is 3.40. The molecule has 1 aromatic rings. The van der Waals surface area contributed by atoms with Crippen LogP contribution >= 0.6 is 0 Å². The number of hydrogen-bond acceptors (Lipinski definition) is 4. The van der Waals surface area contributed by atoms with E-state index in [0.29, 0.717) is 17.2 Å². The summed E-state index contributed by atoms with van der Waals surface area (Å²) in [4.78, 5) is 0. The summed E-state index contributed by atoms with van der Waals surface area (Å²) in [6.07, 6.45) is 1.97. The molecule has 0 aliphatic rings. The highest BCUT2D eigenvalue weighted by molar-refractivity contribution is 5.54. The monoisotopic (exact) mass is 293 g/mol. The van der Waals surface area contributed by atoms with Gasteiger partial charge >= 0.3 is 0 Å². The first-order chi connectivity index (χ1) is 10.1. The second kappa shape index (κ2) is 8.57. The molecule has 118 valence electrons. The van der Waals surface area contributed by atoms with Gasteiger partial charge in [0.05, 0.1) is 21.3 Å². The van der Waals surface area contributed by atoms with Crippen LogP contribution in [-0.4, -0.2) is 27.9 Å². The van der Waals surface area contributed by atoms with Crippen molar-refractivity contribution in [1.82, 2.24) is 5.32 Å².